The van der Waals surface area contributed by atoms with Crippen molar-refractivity contribution in [2.75, 3.05) is 19.8 Å². The van der Waals surface area contributed by atoms with E-state index in [0.717, 1.165) is 36.2 Å². The lowest BCUT2D eigenvalue weighted by Gasteiger charge is -2.31. The third-order valence-corrected chi connectivity index (χ3v) is 4.90. The molecule has 0 saturated heterocycles. The van der Waals surface area contributed by atoms with Crippen molar-refractivity contribution in [3.05, 3.63) is 0 Å². The van der Waals surface area contributed by atoms with Crippen LogP contribution in [0.2, 0.25) is 0 Å². The molecule has 0 aromatic heterocycles. The summed E-state index contributed by atoms with van der Waals surface area (Å²) in [6.45, 7) is 6.36. The molecule has 2 fully saturated rings. The molecule has 2 aliphatic carbocycles. The van der Waals surface area contributed by atoms with Crippen LogP contribution in [0.25, 0.3) is 0 Å². The normalized spacial score (nSPS) is 38.6. The molecule has 0 spiro atoms. The lowest BCUT2D eigenvalue weighted by Crippen LogP contribution is -2.25. The minimum absolute atomic E-state index is 0. The van der Waals surface area contributed by atoms with Gasteiger partial charge in [-0.25, -0.2) is 0 Å². The summed E-state index contributed by atoms with van der Waals surface area (Å²) in [5.74, 6) is 4.73. The van der Waals surface area contributed by atoms with Crippen molar-refractivity contribution in [3.63, 3.8) is 0 Å². The van der Waals surface area contributed by atoms with E-state index < -0.39 is 0 Å². The van der Waals surface area contributed by atoms with Crippen LogP contribution in [0.1, 0.15) is 48.0 Å². The van der Waals surface area contributed by atoms with Crippen LogP contribution in [0.3, 0.4) is 0 Å². The number of aliphatic hydroxyl groups is 1. The summed E-state index contributed by atoms with van der Waals surface area (Å²) in [6.07, 6.45) is 4.10. The maximum atomic E-state index is 8.62. The molecule has 2 saturated carbocycles. The SMILES string of the molecule is C.C.CC1C2CC(CCOCCO)C(C2)C1C. The third kappa shape index (κ3) is 3.45. The van der Waals surface area contributed by atoms with Crippen LogP contribution in [-0.4, -0.2) is 24.9 Å². The summed E-state index contributed by atoms with van der Waals surface area (Å²) in [7, 11) is 0. The van der Waals surface area contributed by atoms with Gasteiger partial charge >= 0.3 is 0 Å². The second-order valence-electron chi connectivity index (χ2n) is 5.50. The first-order valence-corrected chi connectivity index (χ1v) is 6.42. The fraction of sp³-hybridized carbons (Fsp3) is 1.00. The molecular formula is C15H32O2. The molecule has 0 heterocycles. The Hall–Kier alpha value is -0.0800. The summed E-state index contributed by atoms with van der Waals surface area (Å²) in [6, 6.07) is 0. The predicted molar refractivity (Wildman–Crippen MR) is 74.0 cm³/mol. The summed E-state index contributed by atoms with van der Waals surface area (Å²) in [4.78, 5) is 0. The van der Waals surface area contributed by atoms with E-state index >= 15 is 0 Å². The Morgan fingerprint density at radius 3 is 2.29 bits per heavy atom. The number of hydrogen-bond donors (Lipinski definition) is 1. The van der Waals surface area contributed by atoms with Gasteiger partial charge < -0.3 is 9.84 Å². The van der Waals surface area contributed by atoms with E-state index in [2.05, 4.69) is 13.8 Å². The molecule has 17 heavy (non-hydrogen) atoms. The average Bonchev–Trinajstić information content (AvgIpc) is 2.75. The number of fused-ring (bicyclic) bond motifs is 2. The van der Waals surface area contributed by atoms with E-state index in [-0.39, 0.29) is 21.5 Å². The highest BCUT2D eigenvalue weighted by Crippen LogP contribution is 2.55. The quantitative estimate of drug-likeness (QED) is 0.749. The van der Waals surface area contributed by atoms with Crippen molar-refractivity contribution in [2.24, 2.45) is 29.6 Å². The predicted octanol–water partition coefficient (Wildman–Crippen LogP) is 3.59. The summed E-state index contributed by atoms with van der Waals surface area (Å²) in [5, 5.41) is 8.62. The van der Waals surface area contributed by atoms with Gasteiger partial charge in [0.15, 0.2) is 0 Å². The number of rotatable bonds is 5. The van der Waals surface area contributed by atoms with E-state index in [9.17, 15) is 0 Å². The Morgan fingerprint density at radius 1 is 1.06 bits per heavy atom. The van der Waals surface area contributed by atoms with E-state index in [1.54, 1.807) is 0 Å². The van der Waals surface area contributed by atoms with Gasteiger partial charge in [-0.15, -0.1) is 0 Å². The largest absolute Gasteiger partial charge is 0.394 e. The van der Waals surface area contributed by atoms with Gasteiger partial charge in [0.25, 0.3) is 0 Å². The van der Waals surface area contributed by atoms with Crippen LogP contribution in [0.15, 0.2) is 0 Å². The molecule has 2 bridgehead atoms. The Morgan fingerprint density at radius 2 is 1.76 bits per heavy atom. The molecule has 1 N–H and O–H groups in total. The average molecular weight is 244 g/mol. The smallest absolute Gasteiger partial charge is 0.0697 e. The maximum absolute atomic E-state index is 8.62. The molecule has 0 radical (unpaired) electrons. The van der Waals surface area contributed by atoms with Crippen molar-refractivity contribution in [2.45, 2.75) is 48.0 Å². The topological polar surface area (TPSA) is 29.5 Å². The van der Waals surface area contributed by atoms with Crippen molar-refractivity contribution in [3.8, 4) is 0 Å². The Bertz CT molecular complexity index is 203. The molecule has 5 unspecified atom stereocenters. The van der Waals surface area contributed by atoms with Gasteiger partial charge in [0.2, 0.25) is 0 Å². The monoisotopic (exact) mass is 244 g/mol. The van der Waals surface area contributed by atoms with E-state index in [1.165, 1.54) is 19.3 Å². The zero-order chi connectivity index (χ0) is 10.8. The third-order valence-electron chi connectivity index (χ3n) is 4.90. The molecular weight excluding hydrogens is 212 g/mol. The highest BCUT2D eigenvalue weighted by Gasteiger charge is 2.47. The van der Waals surface area contributed by atoms with Crippen LogP contribution < -0.4 is 0 Å². The molecule has 0 aromatic rings. The van der Waals surface area contributed by atoms with Gasteiger partial charge in [0, 0.05) is 6.61 Å². The second-order valence-corrected chi connectivity index (χ2v) is 5.50. The number of hydrogen-bond acceptors (Lipinski definition) is 2. The minimum atomic E-state index is 0. The first kappa shape index (κ1) is 16.9. The summed E-state index contributed by atoms with van der Waals surface area (Å²) < 4.78 is 5.36. The van der Waals surface area contributed by atoms with E-state index in [1.807, 2.05) is 0 Å². The fourth-order valence-corrected chi connectivity index (χ4v) is 3.83. The van der Waals surface area contributed by atoms with Gasteiger partial charge in [0.05, 0.1) is 13.2 Å². The Kier molecular flexibility index (Phi) is 7.34. The van der Waals surface area contributed by atoms with E-state index in [4.69, 9.17) is 9.84 Å². The van der Waals surface area contributed by atoms with Crippen LogP contribution in [0, 0.1) is 29.6 Å². The highest BCUT2D eigenvalue weighted by molar-refractivity contribution is 4.97. The van der Waals surface area contributed by atoms with Gasteiger partial charge in [-0.05, 0) is 48.9 Å². The summed E-state index contributed by atoms with van der Waals surface area (Å²) >= 11 is 0. The van der Waals surface area contributed by atoms with Gasteiger partial charge in [0.1, 0.15) is 0 Å². The van der Waals surface area contributed by atoms with Crippen molar-refractivity contribution >= 4 is 0 Å². The molecule has 2 aliphatic rings. The number of ether oxygens (including phenoxy) is 1. The van der Waals surface area contributed by atoms with Gasteiger partial charge in [-0.2, -0.15) is 0 Å². The Balaban J connectivity index is 0.00000128. The first-order valence-electron chi connectivity index (χ1n) is 6.42. The van der Waals surface area contributed by atoms with Crippen LogP contribution >= 0.6 is 0 Å². The summed E-state index contributed by atoms with van der Waals surface area (Å²) in [5.41, 5.74) is 0. The zero-order valence-electron chi connectivity index (χ0n) is 9.98. The molecule has 2 nitrogen and oxygen atoms in total. The van der Waals surface area contributed by atoms with Gasteiger partial charge in [-0.3, -0.25) is 0 Å². The molecule has 104 valence electrons. The molecule has 2 heteroatoms. The van der Waals surface area contributed by atoms with Crippen LogP contribution in [0.4, 0.5) is 0 Å². The lowest BCUT2D eigenvalue weighted by molar-refractivity contribution is 0.0695. The van der Waals surface area contributed by atoms with Crippen LogP contribution in [0.5, 0.6) is 0 Å². The van der Waals surface area contributed by atoms with Gasteiger partial charge in [-0.1, -0.05) is 28.7 Å². The Labute approximate surface area is 108 Å². The lowest BCUT2D eigenvalue weighted by atomic mass is 9.75. The molecule has 0 aliphatic heterocycles. The second kappa shape index (κ2) is 7.38. The van der Waals surface area contributed by atoms with E-state index in [0.29, 0.717) is 6.61 Å². The fourth-order valence-electron chi connectivity index (χ4n) is 3.83. The molecule has 0 amide bonds. The van der Waals surface area contributed by atoms with Crippen LogP contribution in [-0.2, 0) is 4.74 Å². The minimum Gasteiger partial charge on any atom is -0.394 e. The molecule has 2 rings (SSSR count). The molecule has 0 aromatic carbocycles. The zero-order valence-corrected chi connectivity index (χ0v) is 9.98. The maximum Gasteiger partial charge on any atom is 0.0697 e. The van der Waals surface area contributed by atoms with Crippen molar-refractivity contribution in [1.82, 2.24) is 0 Å². The molecule has 5 atom stereocenters. The van der Waals surface area contributed by atoms with Crippen molar-refractivity contribution in [1.29, 1.82) is 0 Å². The standard InChI is InChI=1S/C13H24O2.2CH4/c1-9-10(2)13-8-12(9)7-11(13)3-5-15-6-4-14;;/h9-14H,3-8H2,1-2H3;2*1H4. The van der Waals surface area contributed by atoms with Crippen molar-refractivity contribution < 1.29 is 9.84 Å². The highest BCUT2D eigenvalue weighted by atomic mass is 16.5. The number of aliphatic hydroxyl groups excluding tert-OH is 1. The first-order chi connectivity index (χ1) is 7.24.